The van der Waals surface area contributed by atoms with Crippen molar-refractivity contribution in [3.05, 3.63) is 0 Å². The van der Waals surface area contributed by atoms with Gasteiger partial charge in [0.15, 0.2) is 12.2 Å². The molecule has 0 amide bonds. The Morgan fingerprint density at radius 2 is 0.447 bits per heavy atom. The summed E-state index contributed by atoms with van der Waals surface area (Å²) in [5.41, 5.74) is 0. The maximum Gasteiger partial charge on any atom is 0.472 e. The Morgan fingerprint density at radius 1 is 0.262 bits per heavy atom. The summed E-state index contributed by atoms with van der Waals surface area (Å²) < 4.78 is 68.8. The zero-order valence-electron chi connectivity index (χ0n) is 67.6. The third-order valence-corrected chi connectivity index (χ3v) is 21.6. The van der Waals surface area contributed by atoms with E-state index in [0.29, 0.717) is 25.7 Å². The molecule has 103 heavy (non-hydrogen) atoms. The molecular formula is C84H164O17P2. The molecule has 0 saturated carbocycles. The number of phosphoric ester groups is 2. The summed E-state index contributed by atoms with van der Waals surface area (Å²) in [7, 11) is -9.92. The monoisotopic (exact) mass is 1510 g/mol. The first-order valence-corrected chi connectivity index (χ1v) is 46.5. The van der Waals surface area contributed by atoms with Crippen molar-refractivity contribution >= 4 is 39.5 Å². The van der Waals surface area contributed by atoms with E-state index in [4.69, 9.17) is 37.0 Å². The summed E-state index contributed by atoms with van der Waals surface area (Å²) in [6.45, 7) is 9.68. The fourth-order valence-corrected chi connectivity index (χ4v) is 14.6. The number of rotatable bonds is 83. The molecule has 612 valence electrons. The lowest BCUT2D eigenvalue weighted by Gasteiger charge is -2.21. The average molecular weight is 1510 g/mol. The second kappa shape index (κ2) is 75.5. The van der Waals surface area contributed by atoms with E-state index in [1.54, 1.807) is 0 Å². The van der Waals surface area contributed by atoms with Gasteiger partial charge in [-0.05, 0) is 37.5 Å². The number of carbonyl (C=O) groups excluding carboxylic acids is 4. The van der Waals surface area contributed by atoms with Crippen molar-refractivity contribution < 1.29 is 80.2 Å². The number of unbranched alkanes of at least 4 members (excludes halogenated alkanes) is 53. The fourth-order valence-electron chi connectivity index (χ4n) is 13.1. The minimum Gasteiger partial charge on any atom is -0.462 e. The molecule has 0 aromatic heterocycles. The molecule has 0 fully saturated rings. The molecule has 0 aliphatic heterocycles. The second-order valence-electron chi connectivity index (χ2n) is 31.2. The Hall–Kier alpha value is -1.94. The van der Waals surface area contributed by atoms with Gasteiger partial charge in [0.1, 0.15) is 19.3 Å². The van der Waals surface area contributed by atoms with Crippen LogP contribution in [0.4, 0.5) is 0 Å². The molecule has 0 aliphatic carbocycles. The molecule has 0 spiro atoms. The van der Waals surface area contributed by atoms with Gasteiger partial charge < -0.3 is 33.8 Å². The third kappa shape index (κ3) is 78.0. The van der Waals surface area contributed by atoms with E-state index < -0.39 is 97.5 Å². The largest absolute Gasteiger partial charge is 0.472 e. The first-order valence-electron chi connectivity index (χ1n) is 43.5. The number of hydrogen-bond acceptors (Lipinski definition) is 15. The molecule has 17 nitrogen and oxygen atoms in total. The van der Waals surface area contributed by atoms with Crippen molar-refractivity contribution in [3.8, 4) is 0 Å². The lowest BCUT2D eigenvalue weighted by atomic mass is 10.0. The summed E-state index contributed by atoms with van der Waals surface area (Å²) in [4.78, 5) is 73.1. The quantitative estimate of drug-likeness (QED) is 0.0222. The standard InChI is InChI=1S/C84H164O17P2/c1-7-9-11-13-15-17-19-20-21-22-26-29-32-37-43-49-55-61-67-82(87)95-73-80(100-83(88)68-62-56-50-44-38-33-30-27-24-23-25-28-31-35-40-46-52-58-64-76(3)4)75-99-103(92,93)97-71-78(85)70-96-102(90,91)98-74-79(72-94-81(86)66-60-54-48-42-18-16-14-12-10-8-2)101-84(89)69-63-57-51-45-39-34-36-41-47-53-59-65-77(5)6/h76-80,85H,7-75H2,1-6H3,(H,90,91)(H,92,93)/t78-,79+,80+/m0/s1. The van der Waals surface area contributed by atoms with Gasteiger partial charge in [-0.1, -0.05) is 395 Å². The molecule has 0 heterocycles. The smallest absolute Gasteiger partial charge is 0.462 e. The highest BCUT2D eigenvalue weighted by atomic mass is 31.2. The van der Waals surface area contributed by atoms with E-state index in [1.165, 1.54) is 263 Å². The lowest BCUT2D eigenvalue weighted by molar-refractivity contribution is -0.161. The average Bonchev–Trinajstić information content (AvgIpc) is 0.918. The summed E-state index contributed by atoms with van der Waals surface area (Å²) in [5, 5.41) is 10.7. The molecule has 0 rings (SSSR count). The van der Waals surface area contributed by atoms with Gasteiger partial charge in [0.2, 0.25) is 0 Å². The molecule has 0 aromatic rings. The van der Waals surface area contributed by atoms with Gasteiger partial charge in [-0.3, -0.25) is 37.3 Å². The molecule has 2 unspecified atom stereocenters. The summed E-state index contributed by atoms with van der Waals surface area (Å²) in [6.07, 6.45) is 66.6. The molecule has 3 N–H and O–H groups in total. The van der Waals surface area contributed by atoms with Crippen LogP contribution in [-0.2, 0) is 65.4 Å². The maximum atomic E-state index is 13.1. The van der Waals surface area contributed by atoms with E-state index >= 15 is 0 Å². The van der Waals surface area contributed by atoms with Crippen molar-refractivity contribution in [2.24, 2.45) is 11.8 Å². The normalized spacial score (nSPS) is 13.9. The molecule has 0 saturated heterocycles. The van der Waals surface area contributed by atoms with E-state index in [2.05, 4.69) is 41.5 Å². The van der Waals surface area contributed by atoms with Gasteiger partial charge in [-0.2, -0.15) is 0 Å². The topological polar surface area (TPSA) is 237 Å². The molecule has 0 aromatic carbocycles. The number of phosphoric acid groups is 2. The first kappa shape index (κ1) is 101. The summed E-state index contributed by atoms with van der Waals surface area (Å²) >= 11 is 0. The number of aliphatic hydroxyl groups is 1. The van der Waals surface area contributed by atoms with Crippen LogP contribution in [0.3, 0.4) is 0 Å². The number of hydrogen-bond donors (Lipinski definition) is 3. The van der Waals surface area contributed by atoms with Gasteiger partial charge in [0.05, 0.1) is 26.4 Å². The van der Waals surface area contributed by atoms with Crippen LogP contribution in [0.1, 0.15) is 446 Å². The number of esters is 4. The van der Waals surface area contributed by atoms with Crippen molar-refractivity contribution in [3.63, 3.8) is 0 Å². The zero-order chi connectivity index (χ0) is 75.6. The SMILES string of the molecule is CCCCCCCCCCCCCCCCCCCCC(=O)OC[C@H](COP(=O)(O)OC[C@@H](O)COP(=O)(O)OC[C@@H](COC(=O)CCCCCCCCCCCC)OC(=O)CCCCCCCCCCCCCC(C)C)OC(=O)CCCCCCCCCCCCCCCCCCCCC(C)C. The Kier molecular flexibility index (Phi) is 74.1. The van der Waals surface area contributed by atoms with Crippen molar-refractivity contribution in [1.82, 2.24) is 0 Å². The molecule has 0 aliphatic rings. The van der Waals surface area contributed by atoms with Crippen LogP contribution >= 0.6 is 15.6 Å². The predicted molar refractivity (Wildman–Crippen MR) is 423 cm³/mol. The maximum absolute atomic E-state index is 13.1. The van der Waals surface area contributed by atoms with Crippen LogP contribution in [0, 0.1) is 11.8 Å². The summed E-state index contributed by atoms with van der Waals surface area (Å²) in [6, 6.07) is 0. The van der Waals surface area contributed by atoms with Gasteiger partial charge in [0, 0.05) is 25.7 Å². The Balaban J connectivity index is 5.22. The number of carbonyl (C=O) groups is 4. The van der Waals surface area contributed by atoms with Crippen LogP contribution in [0.2, 0.25) is 0 Å². The van der Waals surface area contributed by atoms with E-state index in [1.807, 2.05) is 0 Å². The second-order valence-corrected chi connectivity index (χ2v) is 34.1. The Labute approximate surface area is 632 Å². The highest BCUT2D eigenvalue weighted by Crippen LogP contribution is 2.45. The van der Waals surface area contributed by atoms with Crippen LogP contribution in [-0.4, -0.2) is 96.7 Å². The molecule has 0 bridgehead atoms. The van der Waals surface area contributed by atoms with Crippen LogP contribution in [0.5, 0.6) is 0 Å². The van der Waals surface area contributed by atoms with Crippen LogP contribution < -0.4 is 0 Å². The minimum atomic E-state index is -4.96. The summed E-state index contributed by atoms with van der Waals surface area (Å²) in [5.74, 6) is -0.519. The van der Waals surface area contributed by atoms with Crippen molar-refractivity contribution in [2.45, 2.75) is 464 Å². The molecular weight excluding hydrogens is 1340 g/mol. The van der Waals surface area contributed by atoms with Gasteiger partial charge in [-0.25, -0.2) is 9.13 Å². The van der Waals surface area contributed by atoms with Gasteiger partial charge >= 0.3 is 39.5 Å². The van der Waals surface area contributed by atoms with Crippen molar-refractivity contribution in [2.75, 3.05) is 39.6 Å². The molecule has 19 heteroatoms. The highest BCUT2D eigenvalue weighted by molar-refractivity contribution is 7.47. The predicted octanol–water partition coefficient (Wildman–Crippen LogP) is 25.5. The fraction of sp³-hybridized carbons (Fsp3) is 0.952. The number of aliphatic hydroxyl groups excluding tert-OH is 1. The van der Waals surface area contributed by atoms with Crippen LogP contribution in [0.25, 0.3) is 0 Å². The van der Waals surface area contributed by atoms with Gasteiger partial charge in [-0.15, -0.1) is 0 Å². The van der Waals surface area contributed by atoms with E-state index in [0.717, 1.165) is 102 Å². The van der Waals surface area contributed by atoms with E-state index in [-0.39, 0.29) is 25.7 Å². The van der Waals surface area contributed by atoms with E-state index in [9.17, 15) is 43.2 Å². The van der Waals surface area contributed by atoms with Gasteiger partial charge in [0.25, 0.3) is 0 Å². The highest BCUT2D eigenvalue weighted by Gasteiger charge is 2.30. The minimum absolute atomic E-state index is 0.107. The van der Waals surface area contributed by atoms with Crippen LogP contribution in [0.15, 0.2) is 0 Å². The van der Waals surface area contributed by atoms with Crippen molar-refractivity contribution in [1.29, 1.82) is 0 Å². The first-order chi connectivity index (χ1) is 49.9. The third-order valence-electron chi connectivity index (χ3n) is 19.7. The lowest BCUT2D eigenvalue weighted by Crippen LogP contribution is -2.30. The molecule has 0 radical (unpaired) electrons. The molecule has 5 atom stereocenters. The zero-order valence-corrected chi connectivity index (χ0v) is 69.4. The number of ether oxygens (including phenoxy) is 4. The Morgan fingerprint density at radius 3 is 0.660 bits per heavy atom. The Bertz CT molecular complexity index is 1980.